The van der Waals surface area contributed by atoms with E-state index in [1.54, 1.807) is 0 Å². The van der Waals surface area contributed by atoms with Gasteiger partial charge in [-0.15, -0.1) is 0 Å². The molecule has 4 aromatic carbocycles. The number of hydrogen-bond acceptors (Lipinski definition) is 0. The summed E-state index contributed by atoms with van der Waals surface area (Å²) in [4.78, 5) is 0. The van der Waals surface area contributed by atoms with Gasteiger partial charge in [0.25, 0.3) is 0 Å². The van der Waals surface area contributed by atoms with E-state index in [2.05, 4.69) is 143 Å². The molecule has 0 radical (unpaired) electrons. The van der Waals surface area contributed by atoms with E-state index in [-0.39, 0.29) is 24.8 Å². The van der Waals surface area contributed by atoms with E-state index in [4.69, 9.17) is 0 Å². The molecule has 0 spiro atoms. The first-order chi connectivity index (χ1) is 18.3. The van der Waals surface area contributed by atoms with Gasteiger partial charge in [0.05, 0.1) is 0 Å². The largest absolute Gasteiger partial charge is 1.00 e. The summed E-state index contributed by atoms with van der Waals surface area (Å²) in [6, 6.07) is 35.5. The number of hydrogen-bond donors (Lipinski definition) is 0. The van der Waals surface area contributed by atoms with Crippen LogP contribution in [0.25, 0.3) is 45.1 Å². The minimum absolute atomic E-state index is 0. The van der Waals surface area contributed by atoms with Gasteiger partial charge in [-0.1, -0.05) is 0 Å². The maximum atomic E-state index is 2.44. The number of rotatable bonds is 4. The van der Waals surface area contributed by atoms with Gasteiger partial charge in [0.2, 0.25) is 0 Å². The number of nitrogens with zero attached hydrogens (tertiary/aromatic N) is 2. The van der Waals surface area contributed by atoms with Gasteiger partial charge in [-0.2, -0.15) is 0 Å². The zero-order chi connectivity index (χ0) is 24.3. The van der Waals surface area contributed by atoms with E-state index in [0.717, 1.165) is 0 Å². The molecule has 2 atom stereocenters. The molecule has 2 aliphatic rings. The molecule has 6 aromatic rings. The maximum Gasteiger partial charge on any atom is -1.00 e. The average molecular weight is 710 g/mol. The molecule has 2 aliphatic carbocycles. The second-order valence-corrected chi connectivity index (χ2v) is 15.4. The molecule has 0 N–H and O–H groups in total. The minimum atomic E-state index is -1.37. The van der Waals surface area contributed by atoms with Crippen molar-refractivity contribution in [2.24, 2.45) is 0 Å². The van der Waals surface area contributed by atoms with Crippen LogP contribution in [0.2, 0.25) is 0 Å². The molecule has 0 amide bonds. The molecule has 2 nitrogen and oxygen atoms in total. The van der Waals surface area contributed by atoms with Crippen molar-refractivity contribution >= 4 is 45.1 Å². The van der Waals surface area contributed by atoms with Crippen LogP contribution in [0.4, 0.5) is 0 Å². The zero-order valence-electron chi connectivity index (χ0n) is 21.0. The Labute approximate surface area is 251 Å². The van der Waals surface area contributed by atoms with Crippen LogP contribution >= 0.6 is 0 Å². The maximum absolute atomic E-state index is 2.44. The zero-order valence-corrected chi connectivity index (χ0v) is 26.1. The average Bonchev–Trinajstić information content (AvgIpc) is 3.71. The Bertz CT molecular complexity index is 1690. The van der Waals surface area contributed by atoms with Crippen LogP contribution in [0, 0.1) is 0 Å². The molecular weight excluding hydrogens is 686 g/mol. The first-order valence-electron chi connectivity index (χ1n) is 12.8. The van der Waals surface area contributed by atoms with Crippen LogP contribution in [-0.4, -0.2) is 9.13 Å². The number of aromatic nitrogens is 2. The standard InChI is InChI=1S/2C17H12N.2ClH.Hf/c2*1-2-6-14-10-17(9-13(14)5-1)18-11-15-7-3-4-8-16(15)12-18;;;/h2*1-12H;2*1H;/q;;;;+2/p-2. The smallest absolute Gasteiger partial charge is 1.00 e. The van der Waals surface area contributed by atoms with E-state index in [1.165, 1.54) is 55.2 Å². The van der Waals surface area contributed by atoms with Crippen molar-refractivity contribution in [3.63, 3.8) is 0 Å². The third kappa shape index (κ3) is 4.37. The van der Waals surface area contributed by atoms with Gasteiger partial charge in [0.15, 0.2) is 0 Å². The second-order valence-electron chi connectivity index (χ2n) is 10.0. The fourth-order valence-corrected chi connectivity index (χ4v) is 13.3. The Morgan fingerprint density at radius 1 is 0.436 bits per heavy atom. The van der Waals surface area contributed by atoms with Crippen LogP contribution in [0.5, 0.6) is 0 Å². The molecule has 188 valence electrons. The Kier molecular flexibility index (Phi) is 7.01. The Morgan fingerprint density at radius 3 is 1.15 bits per heavy atom. The topological polar surface area (TPSA) is 9.86 Å². The van der Waals surface area contributed by atoms with Gasteiger partial charge in [0.1, 0.15) is 0 Å². The Morgan fingerprint density at radius 2 is 0.769 bits per heavy atom. The Hall–Kier alpha value is -3.11. The van der Waals surface area contributed by atoms with Crippen molar-refractivity contribution in [3.8, 4) is 0 Å². The summed E-state index contributed by atoms with van der Waals surface area (Å²) in [5.74, 6) is 0. The molecule has 2 aromatic heterocycles. The van der Waals surface area contributed by atoms with Crippen molar-refractivity contribution in [2.75, 3.05) is 0 Å². The predicted molar refractivity (Wildman–Crippen MR) is 151 cm³/mol. The summed E-state index contributed by atoms with van der Waals surface area (Å²) < 4.78 is 5.83. The van der Waals surface area contributed by atoms with Crippen LogP contribution in [0.15, 0.2) is 122 Å². The quantitative estimate of drug-likeness (QED) is 0.249. The fraction of sp³-hybridized carbons (Fsp3) is 0.0588. The van der Waals surface area contributed by atoms with Crippen molar-refractivity contribution < 1.29 is 47.7 Å². The summed E-state index contributed by atoms with van der Waals surface area (Å²) in [5.41, 5.74) is 8.69. The molecule has 8 rings (SSSR count). The summed E-state index contributed by atoms with van der Waals surface area (Å²) in [5, 5.41) is 5.21. The SMILES string of the molecule is C1=C(n2cc3ccccc3c2)[CH]([Hf+2][CH]2C(n3cc4ccccc4c3)=Cc3ccccc32)c2ccccc21.[Cl-].[Cl-]. The number of allylic oxidation sites excluding steroid dienone is 2. The number of fused-ring (bicyclic) bond motifs is 4. The van der Waals surface area contributed by atoms with Crippen molar-refractivity contribution in [1.82, 2.24) is 9.13 Å². The third-order valence-corrected chi connectivity index (χ3v) is 14.6. The van der Waals surface area contributed by atoms with E-state index >= 15 is 0 Å². The van der Waals surface area contributed by atoms with Gasteiger partial charge in [-0.25, -0.2) is 0 Å². The molecule has 5 heteroatoms. The molecule has 0 bridgehead atoms. The monoisotopic (exact) mass is 710 g/mol. The molecule has 39 heavy (non-hydrogen) atoms. The minimum Gasteiger partial charge on any atom is -1.00 e. The van der Waals surface area contributed by atoms with Crippen molar-refractivity contribution in [2.45, 2.75) is 7.35 Å². The summed E-state index contributed by atoms with van der Waals surface area (Å²) in [6.07, 6.45) is 14.2. The number of benzene rings is 4. The molecule has 0 saturated carbocycles. The molecule has 0 saturated heterocycles. The van der Waals surface area contributed by atoms with Crippen molar-refractivity contribution in [3.05, 3.63) is 144 Å². The van der Waals surface area contributed by atoms with Crippen LogP contribution in [-0.2, 0) is 22.9 Å². The first-order valence-corrected chi connectivity index (χ1v) is 17.0. The normalized spacial score (nSPS) is 17.0. The van der Waals surface area contributed by atoms with Crippen LogP contribution in [0.3, 0.4) is 0 Å². The fourth-order valence-electron chi connectivity index (χ4n) is 6.04. The Balaban J connectivity index is 0.00000138. The van der Waals surface area contributed by atoms with Gasteiger partial charge >= 0.3 is 229 Å². The molecular formula is C34H24Cl2HfN2. The van der Waals surface area contributed by atoms with Gasteiger partial charge in [-0.3, -0.25) is 0 Å². The third-order valence-electron chi connectivity index (χ3n) is 7.85. The van der Waals surface area contributed by atoms with Gasteiger partial charge in [0, 0.05) is 0 Å². The predicted octanol–water partition coefficient (Wildman–Crippen LogP) is 2.49. The van der Waals surface area contributed by atoms with Crippen LogP contribution < -0.4 is 24.8 Å². The van der Waals surface area contributed by atoms with Gasteiger partial charge in [-0.05, 0) is 0 Å². The second kappa shape index (κ2) is 10.5. The van der Waals surface area contributed by atoms with E-state index < -0.39 is 22.9 Å². The summed E-state index contributed by atoms with van der Waals surface area (Å²) >= 11 is -1.37. The summed E-state index contributed by atoms with van der Waals surface area (Å²) in [7, 11) is 0. The van der Waals surface area contributed by atoms with E-state index in [0.29, 0.717) is 7.35 Å². The molecule has 0 aliphatic heterocycles. The summed E-state index contributed by atoms with van der Waals surface area (Å²) in [6.45, 7) is 0. The molecule has 0 fully saturated rings. The number of halogens is 2. The van der Waals surface area contributed by atoms with E-state index in [1.807, 2.05) is 0 Å². The molecule has 2 unspecified atom stereocenters. The van der Waals surface area contributed by atoms with Crippen molar-refractivity contribution in [1.29, 1.82) is 0 Å². The first kappa shape index (κ1) is 26.1. The van der Waals surface area contributed by atoms with E-state index in [9.17, 15) is 0 Å². The van der Waals surface area contributed by atoms with Crippen LogP contribution in [0.1, 0.15) is 29.6 Å². The van der Waals surface area contributed by atoms with Gasteiger partial charge < -0.3 is 24.8 Å². The molecule has 2 heterocycles.